The molecule has 0 fully saturated rings. The van der Waals surface area contributed by atoms with Crippen LogP contribution in [0.3, 0.4) is 0 Å². The number of fused-ring (bicyclic) bond motifs is 1. The number of aryl methyl sites for hydroxylation is 1. The summed E-state index contributed by atoms with van der Waals surface area (Å²) in [7, 11) is 0. The zero-order valence-electron chi connectivity index (χ0n) is 10.9. The fourth-order valence-electron chi connectivity index (χ4n) is 2.17. The number of aromatic nitrogens is 1. The Kier molecular flexibility index (Phi) is 3.20. The second-order valence-electron chi connectivity index (χ2n) is 4.66. The number of hydrogen-bond donors (Lipinski definition) is 2. The highest BCUT2D eigenvalue weighted by atomic mass is 35.5. The normalized spacial score (nSPS) is 10.7. The molecule has 0 bridgehead atoms. The van der Waals surface area contributed by atoms with Gasteiger partial charge in [-0.1, -0.05) is 41.9 Å². The Hall–Kier alpha value is -2.26. The standard InChI is InChI=1S/C16H13ClN2O/c1-10-5-4-7-12(17)15(10)19-16(20)14-9-11-6-2-3-8-13(11)18-14/h2-9,18H,1H3,(H,19,20). The van der Waals surface area contributed by atoms with Crippen molar-refractivity contribution < 1.29 is 4.79 Å². The number of aromatic amines is 1. The number of benzene rings is 2. The first-order valence-corrected chi connectivity index (χ1v) is 6.67. The van der Waals surface area contributed by atoms with Crippen molar-refractivity contribution in [1.29, 1.82) is 0 Å². The van der Waals surface area contributed by atoms with Gasteiger partial charge in [-0.15, -0.1) is 0 Å². The van der Waals surface area contributed by atoms with E-state index in [0.29, 0.717) is 16.4 Å². The van der Waals surface area contributed by atoms with E-state index in [1.807, 2.05) is 49.4 Å². The van der Waals surface area contributed by atoms with Crippen LogP contribution in [-0.4, -0.2) is 10.9 Å². The highest BCUT2D eigenvalue weighted by Crippen LogP contribution is 2.26. The first-order valence-electron chi connectivity index (χ1n) is 6.29. The Bertz CT molecular complexity index is 739. The molecule has 1 amide bonds. The zero-order chi connectivity index (χ0) is 14.1. The summed E-state index contributed by atoms with van der Waals surface area (Å²) in [6.07, 6.45) is 0. The number of hydrogen-bond acceptors (Lipinski definition) is 1. The average molecular weight is 285 g/mol. The minimum absolute atomic E-state index is 0.197. The third-order valence-electron chi connectivity index (χ3n) is 3.24. The summed E-state index contributed by atoms with van der Waals surface area (Å²) < 4.78 is 0. The maximum Gasteiger partial charge on any atom is 0.272 e. The van der Waals surface area contributed by atoms with E-state index in [9.17, 15) is 4.79 Å². The minimum Gasteiger partial charge on any atom is -0.351 e. The molecular weight excluding hydrogens is 272 g/mol. The van der Waals surface area contributed by atoms with Crippen molar-refractivity contribution in [3.63, 3.8) is 0 Å². The van der Waals surface area contributed by atoms with Gasteiger partial charge in [0.15, 0.2) is 0 Å². The molecule has 20 heavy (non-hydrogen) atoms. The van der Waals surface area contributed by atoms with Crippen LogP contribution in [0.15, 0.2) is 48.5 Å². The smallest absolute Gasteiger partial charge is 0.272 e. The van der Waals surface area contributed by atoms with E-state index in [4.69, 9.17) is 11.6 Å². The molecule has 100 valence electrons. The van der Waals surface area contributed by atoms with Crippen molar-refractivity contribution in [2.75, 3.05) is 5.32 Å². The van der Waals surface area contributed by atoms with Crippen molar-refractivity contribution in [3.8, 4) is 0 Å². The van der Waals surface area contributed by atoms with Crippen molar-refractivity contribution in [2.24, 2.45) is 0 Å². The summed E-state index contributed by atoms with van der Waals surface area (Å²) in [5.74, 6) is -0.197. The second kappa shape index (κ2) is 5.02. The lowest BCUT2D eigenvalue weighted by Gasteiger charge is -2.09. The Morgan fingerprint density at radius 3 is 2.70 bits per heavy atom. The van der Waals surface area contributed by atoms with Crippen LogP contribution in [0.1, 0.15) is 16.1 Å². The van der Waals surface area contributed by atoms with Gasteiger partial charge in [0, 0.05) is 10.9 Å². The molecule has 0 aliphatic rings. The lowest BCUT2D eigenvalue weighted by molar-refractivity contribution is 0.102. The predicted octanol–water partition coefficient (Wildman–Crippen LogP) is 4.38. The minimum atomic E-state index is -0.197. The number of halogens is 1. The summed E-state index contributed by atoms with van der Waals surface area (Å²) in [6, 6.07) is 15.1. The summed E-state index contributed by atoms with van der Waals surface area (Å²) in [5, 5.41) is 4.40. The van der Waals surface area contributed by atoms with Crippen LogP contribution in [0.2, 0.25) is 5.02 Å². The Morgan fingerprint density at radius 1 is 1.15 bits per heavy atom. The topological polar surface area (TPSA) is 44.9 Å². The predicted molar refractivity (Wildman–Crippen MR) is 82.4 cm³/mol. The van der Waals surface area contributed by atoms with E-state index in [-0.39, 0.29) is 5.91 Å². The number of anilines is 1. The van der Waals surface area contributed by atoms with Crippen LogP contribution in [-0.2, 0) is 0 Å². The first-order chi connectivity index (χ1) is 9.65. The number of amides is 1. The molecule has 2 N–H and O–H groups in total. The SMILES string of the molecule is Cc1cccc(Cl)c1NC(=O)c1cc2ccccc2[nH]1. The van der Waals surface area contributed by atoms with Crippen LogP contribution in [0.25, 0.3) is 10.9 Å². The van der Waals surface area contributed by atoms with Crippen LogP contribution in [0, 0.1) is 6.92 Å². The molecule has 0 aliphatic heterocycles. The molecule has 2 aromatic carbocycles. The van der Waals surface area contributed by atoms with E-state index in [1.54, 1.807) is 6.07 Å². The van der Waals surface area contributed by atoms with Gasteiger partial charge in [-0.05, 0) is 30.7 Å². The van der Waals surface area contributed by atoms with Gasteiger partial charge in [-0.25, -0.2) is 0 Å². The van der Waals surface area contributed by atoms with Crippen molar-refractivity contribution in [3.05, 3.63) is 64.8 Å². The van der Waals surface area contributed by atoms with Crippen molar-refractivity contribution >= 4 is 34.1 Å². The summed E-state index contributed by atoms with van der Waals surface area (Å²) in [5.41, 5.74) is 3.04. The van der Waals surface area contributed by atoms with Gasteiger partial charge in [0.1, 0.15) is 5.69 Å². The third kappa shape index (κ3) is 2.28. The van der Waals surface area contributed by atoms with Crippen LogP contribution in [0.4, 0.5) is 5.69 Å². The molecule has 0 atom stereocenters. The number of rotatable bonds is 2. The molecule has 0 radical (unpaired) electrons. The third-order valence-corrected chi connectivity index (χ3v) is 3.55. The number of para-hydroxylation sites is 2. The lowest BCUT2D eigenvalue weighted by Crippen LogP contribution is -2.13. The van der Waals surface area contributed by atoms with E-state index in [2.05, 4.69) is 10.3 Å². The molecular formula is C16H13ClN2O. The van der Waals surface area contributed by atoms with Crippen LogP contribution >= 0.6 is 11.6 Å². The largest absolute Gasteiger partial charge is 0.351 e. The monoisotopic (exact) mass is 284 g/mol. The van der Waals surface area contributed by atoms with E-state index in [0.717, 1.165) is 16.5 Å². The Balaban J connectivity index is 1.93. The maximum absolute atomic E-state index is 12.3. The van der Waals surface area contributed by atoms with Crippen LogP contribution < -0.4 is 5.32 Å². The van der Waals surface area contributed by atoms with Crippen molar-refractivity contribution in [2.45, 2.75) is 6.92 Å². The first kappa shape index (κ1) is 12.8. The van der Waals surface area contributed by atoms with Gasteiger partial charge in [-0.3, -0.25) is 4.79 Å². The highest BCUT2D eigenvalue weighted by molar-refractivity contribution is 6.34. The number of H-pyrrole nitrogens is 1. The molecule has 4 heteroatoms. The molecule has 0 saturated heterocycles. The molecule has 3 aromatic rings. The van der Waals surface area contributed by atoms with Crippen molar-refractivity contribution in [1.82, 2.24) is 4.98 Å². The van der Waals surface area contributed by atoms with Gasteiger partial charge in [0.2, 0.25) is 0 Å². The molecule has 0 saturated carbocycles. The fourth-order valence-corrected chi connectivity index (χ4v) is 2.44. The Labute approximate surface area is 121 Å². The summed E-state index contributed by atoms with van der Waals surface area (Å²) in [4.78, 5) is 15.4. The highest BCUT2D eigenvalue weighted by Gasteiger charge is 2.12. The number of carbonyl (C=O) groups excluding carboxylic acids is 1. The molecule has 1 heterocycles. The second-order valence-corrected chi connectivity index (χ2v) is 5.06. The maximum atomic E-state index is 12.3. The van der Waals surface area contributed by atoms with Gasteiger partial charge < -0.3 is 10.3 Å². The molecule has 0 spiro atoms. The van der Waals surface area contributed by atoms with Gasteiger partial charge in [-0.2, -0.15) is 0 Å². The zero-order valence-corrected chi connectivity index (χ0v) is 11.7. The Morgan fingerprint density at radius 2 is 1.95 bits per heavy atom. The van der Waals surface area contributed by atoms with E-state index >= 15 is 0 Å². The number of nitrogens with one attached hydrogen (secondary N) is 2. The molecule has 3 rings (SSSR count). The van der Waals surface area contributed by atoms with Gasteiger partial charge >= 0.3 is 0 Å². The van der Waals surface area contributed by atoms with Gasteiger partial charge in [0.25, 0.3) is 5.91 Å². The summed E-state index contributed by atoms with van der Waals surface area (Å²) in [6.45, 7) is 1.91. The number of carbonyl (C=O) groups is 1. The summed E-state index contributed by atoms with van der Waals surface area (Å²) >= 11 is 6.11. The average Bonchev–Trinajstić information content (AvgIpc) is 2.87. The molecule has 3 nitrogen and oxygen atoms in total. The van der Waals surface area contributed by atoms with Crippen LogP contribution in [0.5, 0.6) is 0 Å². The fraction of sp³-hybridized carbons (Fsp3) is 0.0625. The lowest BCUT2D eigenvalue weighted by atomic mass is 10.2. The molecule has 0 unspecified atom stereocenters. The van der Waals surface area contributed by atoms with E-state index < -0.39 is 0 Å². The molecule has 1 aromatic heterocycles. The molecule has 0 aliphatic carbocycles. The van der Waals surface area contributed by atoms with Gasteiger partial charge in [0.05, 0.1) is 10.7 Å². The quantitative estimate of drug-likeness (QED) is 0.720. The van der Waals surface area contributed by atoms with E-state index in [1.165, 1.54) is 0 Å².